The Labute approximate surface area is 199 Å². The summed E-state index contributed by atoms with van der Waals surface area (Å²) in [6, 6.07) is 0. The lowest BCUT2D eigenvalue weighted by molar-refractivity contribution is -0.149. The molecule has 10 atom stereocenters. The molecular formula is C28H44O5. The number of carbonyl (C=O) groups excluding carboxylic acids is 1. The SMILES string of the molecule is C[C@H]([C@H](O)C[C@@](C)(O)C(C)(C)O)[C@H]1CC[C@H]2[C@@H]3[C@H](O)CC4=CC(=O)C=C[C@]4(C)[C@H]3CC[C@]12C. The lowest BCUT2D eigenvalue weighted by Crippen LogP contribution is -2.55. The molecule has 0 radical (unpaired) electrons. The Bertz CT molecular complexity index is 851. The molecule has 0 bridgehead atoms. The van der Waals surface area contributed by atoms with Crippen LogP contribution >= 0.6 is 0 Å². The molecule has 0 aromatic rings. The van der Waals surface area contributed by atoms with E-state index in [0.29, 0.717) is 24.2 Å². The monoisotopic (exact) mass is 460 g/mol. The van der Waals surface area contributed by atoms with Gasteiger partial charge >= 0.3 is 0 Å². The van der Waals surface area contributed by atoms with Crippen LogP contribution in [0.25, 0.3) is 0 Å². The van der Waals surface area contributed by atoms with Crippen molar-refractivity contribution < 1.29 is 25.2 Å². The van der Waals surface area contributed by atoms with E-state index in [2.05, 4.69) is 26.8 Å². The highest BCUT2D eigenvalue weighted by Gasteiger charge is 2.61. The highest BCUT2D eigenvalue weighted by Crippen LogP contribution is 2.67. The number of aliphatic hydroxyl groups is 4. The molecule has 0 unspecified atom stereocenters. The first-order chi connectivity index (χ1) is 15.1. The number of rotatable bonds is 5. The van der Waals surface area contributed by atoms with Crippen molar-refractivity contribution in [3.8, 4) is 0 Å². The van der Waals surface area contributed by atoms with Crippen LogP contribution in [0.3, 0.4) is 0 Å². The van der Waals surface area contributed by atoms with E-state index in [0.717, 1.165) is 31.3 Å². The first-order valence-electron chi connectivity index (χ1n) is 12.9. The van der Waals surface area contributed by atoms with Crippen molar-refractivity contribution in [1.29, 1.82) is 0 Å². The molecule has 4 aliphatic rings. The smallest absolute Gasteiger partial charge is 0.178 e. The maximum Gasteiger partial charge on any atom is 0.178 e. The van der Waals surface area contributed by atoms with Crippen LogP contribution in [0.2, 0.25) is 0 Å². The summed E-state index contributed by atoms with van der Waals surface area (Å²) in [7, 11) is 0. The zero-order chi connectivity index (χ0) is 24.6. The topological polar surface area (TPSA) is 98.0 Å². The molecule has 0 amide bonds. The van der Waals surface area contributed by atoms with E-state index in [4.69, 9.17) is 0 Å². The van der Waals surface area contributed by atoms with E-state index in [1.165, 1.54) is 0 Å². The van der Waals surface area contributed by atoms with Gasteiger partial charge < -0.3 is 20.4 Å². The highest BCUT2D eigenvalue weighted by molar-refractivity contribution is 6.01. The summed E-state index contributed by atoms with van der Waals surface area (Å²) in [6.45, 7) is 11.4. The van der Waals surface area contributed by atoms with Crippen LogP contribution in [0, 0.1) is 40.4 Å². The van der Waals surface area contributed by atoms with Gasteiger partial charge in [-0.3, -0.25) is 4.79 Å². The Morgan fingerprint density at radius 3 is 2.42 bits per heavy atom. The highest BCUT2D eigenvalue weighted by atomic mass is 16.4. The summed E-state index contributed by atoms with van der Waals surface area (Å²) in [5, 5.41) is 43.5. The second-order valence-corrected chi connectivity index (χ2v) is 12.9. The van der Waals surface area contributed by atoms with E-state index in [-0.39, 0.29) is 34.9 Å². The molecule has 4 aliphatic carbocycles. The predicted molar refractivity (Wildman–Crippen MR) is 128 cm³/mol. The minimum Gasteiger partial charge on any atom is -0.393 e. The first-order valence-corrected chi connectivity index (χ1v) is 12.9. The molecule has 186 valence electrons. The summed E-state index contributed by atoms with van der Waals surface area (Å²) >= 11 is 0. The van der Waals surface area contributed by atoms with Crippen LogP contribution in [0.4, 0.5) is 0 Å². The van der Waals surface area contributed by atoms with Gasteiger partial charge in [-0.2, -0.15) is 0 Å². The van der Waals surface area contributed by atoms with Gasteiger partial charge in [0.25, 0.3) is 0 Å². The fourth-order valence-electron chi connectivity index (χ4n) is 8.19. The molecule has 0 heterocycles. The van der Waals surface area contributed by atoms with Crippen molar-refractivity contribution in [1.82, 2.24) is 0 Å². The number of fused-ring (bicyclic) bond motifs is 5. The third kappa shape index (κ3) is 3.87. The normalized spacial score (nSPS) is 44.2. The van der Waals surface area contributed by atoms with E-state index >= 15 is 0 Å². The van der Waals surface area contributed by atoms with Crippen molar-refractivity contribution in [2.45, 2.75) is 103 Å². The van der Waals surface area contributed by atoms with Gasteiger partial charge in [-0.1, -0.05) is 32.4 Å². The van der Waals surface area contributed by atoms with Gasteiger partial charge in [-0.15, -0.1) is 0 Å². The van der Waals surface area contributed by atoms with Crippen LogP contribution in [0.5, 0.6) is 0 Å². The zero-order valence-electron chi connectivity index (χ0n) is 21.2. The maximum absolute atomic E-state index is 12.0. The minimum atomic E-state index is -1.38. The average Bonchev–Trinajstić information content (AvgIpc) is 3.04. The molecule has 5 heteroatoms. The molecule has 3 fully saturated rings. The third-order valence-corrected chi connectivity index (χ3v) is 10.8. The standard InChI is InChI=1S/C28H44O5/c1-16(23(31)15-28(6,33)25(2,3)32)19-7-8-20-24-21(10-12-27(19,20)5)26(4)11-9-18(29)13-17(26)14-22(24)30/h9,11,13,16,19-24,30-33H,7-8,10,12,14-15H2,1-6H3/t16-,19+,20-,21-,22+,23+,24-,26-,27+,28+/m0/s1. The molecule has 3 saturated carbocycles. The zero-order valence-corrected chi connectivity index (χ0v) is 21.2. The summed E-state index contributed by atoms with van der Waals surface area (Å²) in [4.78, 5) is 12.0. The minimum absolute atomic E-state index is 0.00986. The number of allylic oxidation sites excluding steroid dienone is 3. The Balaban J connectivity index is 1.56. The number of aliphatic hydroxyl groups excluding tert-OH is 2. The van der Waals surface area contributed by atoms with Gasteiger partial charge in [0.2, 0.25) is 0 Å². The number of ketones is 1. The average molecular weight is 461 g/mol. The molecule has 5 nitrogen and oxygen atoms in total. The van der Waals surface area contributed by atoms with Crippen LogP contribution in [-0.4, -0.2) is 49.6 Å². The van der Waals surface area contributed by atoms with Crippen molar-refractivity contribution in [3.05, 3.63) is 23.8 Å². The molecule has 0 spiro atoms. The van der Waals surface area contributed by atoms with Crippen LogP contribution in [0.1, 0.15) is 80.1 Å². The molecule has 33 heavy (non-hydrogen) atoms. The largest absolute Gasteiger partial charge is 0.393 e. The predicted octanol–water partition coefficient (Wildman–Crippen LogP) is 3.79. The molecule has 4 N–H and O–H groups in total. The van der Waals surface area contributed by atoms with Crippen LogP contribution < -0.4 is 0 Å². The molecular weight excluding hydrogens is 416 g/mol. The summed E-state index contributed by atoms with van der Waals surface area (Å²) in [5.41, 5.74) is -1.73. The number of hydrogen-bond donors (Lipinski definition) is 4. The van der Waals surface area contributed by atoms with Crippen molar-refractivity contribution in [3.63, 3.8) is 0 Å². The van der Waals surface area contributed by atoms with Gasteiger partial charge in [-0.25, -0.2) is 0 Å². The summed E-state index contributed by atoms with van der Waals surface area (Å²) < 4.78 is 0. The fraction of sp³-hybridized carbons (Fsp3) is 0.821. The quantitative estimate of drug-likeness (QED) is 0.500. The van der Waals surface area contributed by atoms with E-state index < -0.39 is 23.4 Å². The van der Waals surface area contributed by atoms with Gasteiger partial charge in [0.1, 0.15) is 0 Å². The molecule has 0 aliphatic heterocycles. The molecule has 0 aromatic carbocycles. The number of hydrogen-bond acceptors (Lipinski definition) is 5. The fourth-order valence-corrected chi connectivity index (χ4v) is 8.19. The Kier molecular flexibility index (Phi) is 6.09. The Hall–Kier alpha value is -1.01. The van der Waals surface area contributed by atoms with Crippen molar-refractivity contribution in [2.24, 2.45) is 40.4 Å². The number of carbonyl (C=O) groups is 1. The van der Waals surface area contributed by atoms with Crippen LogP contribution in [-0.2, 0) is 4.79 Å². The van der Waals surface area contributed by atoms with Crippen LogP contribution in [0.15, 0.2) is 23.8 Å². The lowest BCUT2D eigenvalue weighted by Gasteiger charge is -2.59. The Morgan fingerprint density at radius 1 is 1.12 bits per heavy atom. The van der Waals surface area contributed by atoms with Gasteiger partial charge in [0, 0.05) is 11.8 Å². The molecule has 4 rings (SSSR count). The third-order valence-electron chi connectivity index (χ3n) is 10.8. The molecule has 0 aromatic heterocycles. The summed E-state index contributed by atoms with van der Waals surface area (Å²) in [6.07, 6.45) is 9.19. The van der Waals surface area contributed by atoms with Crippen molar-refractivity contribution >= 4 is 5.78 Å². The van der Waals surface area contributed by atoms with Crippen molar-refractivity contribution in [2.75, 3.05) is 0 Å². The summed E-state index contributed by atoms with van der Waals surface area (Å²) in [5.74, 6) is 1.22. The van der Waals surface area contributed by atoms with Gasteiger partial charge in [-0.05, 0) is 100 Å². The van der Waals surface area contributed by atoms with E-state index in [1.807, 2.05) is 0 Å². The molecule has 0 saturated heterocycles. The second kappa shape index (κ2) is 8.01. The van der Waals surface area contributed by atoms with Gasteiger partial charge in [0.15, 0.2) is 5.78 Å². The van der Waals surface area contributed by atoms with E-state index in [9.17, 15) is 25.2 Å². The first kappa shape index (κ1) is 25.1. The van der Waals surface area contributed by atoms with Gasteiger partial charge in [0.05, 0.1) is 23.4 Å². The second-order valence-electron chi connectivity index (χ2n) is 12.9. The Morgan fingerprint density at radius 2 is 1.79 bits per heavy atom. The van der Waals surface area contributed by atoms with E-state index in [1.54, 1.807) is 32.9 Å². The lowest BCUT2D eigenvalue weighted by atomic mass is 9.46. The maximum atomic E-state index is 12.0.